The standard InChI is InChI=1S/C16H14BrN3OS/c17-12-5-3-11(4-6-12)14-10-15(20-19-14)16(21)18-8-7-13-2-1-9-22-13/h1-6,9-10H,7-8H2,(H,18,21)(H,19,20). The maximum absolute atomic E-state index is 12.1. The van der Waals surface area contributed by atoms with Gasteiger partial charge in [0.2, 0.25) is 0 Å². The van der Waals surface area contributed by atoms with Crippen LogP contribution in [0.1, 0.15) is 15.4 Å². The number of amides is 1. The Hall–Kier alpha value is -1.92. The van der Waals surface area contributed by atoms with E-state index in [0.717, 1.165) is 22.2 Å². The van der Waals surface area contributed by atoms with Crippen molar-refractivity contribution in [1.82, 2.24) is 15.5 Å². The number of carbonyl (C=O) groups is 1. The van der Waals surface area contributed by atoms with Crippen LogP contribution in [0.2, 0.25) is 0 Å². The lowest BCUT2D eigenvalue weighted by atomic mass is 10.1. The molecular formula is C16H14BrN3OS. The zero-order valence-corrected chi connectivity index (χ0v) is 14.1. The van der Waals surface area contributed by atoms with Crippen LogP contribution in [0.25, 0.3) is 11.3 Å². The monoisotopic (exact) mass is 375 g/mol. The van der Waals surface area contributed by atoms with Gasteiger partial charge in [0.15, 0.2) is 0 Å². The van der Waals surface area contributed by atoms with Crippen LogP contribution in [-0.4, -0.2) is 22.6 Å². The largest absolute Gasteiger partial charge is 0.350 e. The van der Waals surface area contributed by atoms with Gasteiger partial charge in [-0.25, -0.2) is 0 Å². The summed E-state index contributed by atoms with van der Waals surface area (Å²) in [6, 6.07) is 13.7. The summed E-state index contributed by atoms with van der Waals surface area (Å²) in [5.41, 5.74) is 2.21. The molecule has 0 fully saturated rings. The van der Waals surface area contributed by atoms with Gasteiger partial charge in [0.05, 0.1) is 5.69 Å². The van der Waals surface area contributed by atoms with Crippen molar-refractivity contribution < 1.29 is 4.79 Å². The third-order valence-electron chi connectivity index (χ3n) is 3.20. The lowest BCUT2D eigenvalue weighted by molar-refractivity contribution is 0.0949. The third-order valence-corrected chi connectivity index (χ3v) is 4.66. The molecule has 0 spiro atoms. The Morgan fingerprint density at radius 2 is 2.09 bits per heavy atom. The van der Waals surface area contributed by atoms with E-state index < -0.39 is 0 Å². The minimum Gasteiger partial charge on any atom is -0.350 e. The van der Waals surface area contributed by atoms with Gasteiger partial charge in [0.25, 0.3) is 5.91 Å². The quantitative estimate of drug-likeness (QED) is 0.710. The molecule has 4 nitrogen and oxygen atoms in total. The number of thiophene rings is 1. The Bertz CT molecular complexity index is 750. The molecule has 0 aliphatic carbocycles. The van der Waals surface area contributed by atoms with Crippen LogP contribution in [0.4, 0.5) is 0 Å². The molecule has 0 aliphatic heterocycles. The molecule has 112 valence electrons. The highest BCUT2D eigenvalue weighted by Gasteiger charge is 2.10. The molecule has 3 aromatic rings. The second-order valence-corrected chi connectivity index (χ2v) is 6.71. The van der Waals surface area contributed by atoms with E-state index in [1.54, 1.807) is 17.4 Å². The summed E-state index contributed by atoms with van der Waals surface area (Å²) in [6.07, 6.45) is 0.844. The molecule has 22 heavy (non-hydrogen) atoms. The van der Waals surface area contributed by atoms with Gasteiger partial charge >= 0.3 is 0 Å². The van der Waals surface area contributed by atoms with E-state index in [1.165, 1.54) is 4.88 Å². The van der Waals surface area contributed by atoms with Crippen LogP contribution in [-0.2, 0) is 6.42 Å². The fourth-order valence-electron chi connectivity index (χ4n) is 2.06. The molecule has 3 rings (SSSR count). The van der Waals surface area contributed by atoms with Crippen molar-refractivity contribution in [3.05, 3.63) is 62.9 Å². The molecule has 6 heteroatoms. The average molecular weight is 376 g/mol. The molecule has 0 aliphatic rings. The first kappa shape index (κ1) is 15.0. The van der Waals surface area contributed by atoms with Gasteiger partial charge < -0.3 is 5.32 Å². The summed E-state index contributed by atoms with van der Waals surface area (Å²) in [5.74, 6) is -0.132. The van der Waals surface area contributed by atoms with Gasteiger partial charge in [-0.1, -0.05) is 34.1 Å². The number of nitrogens with zero attached hydrogens (tertiary/aromatic N) is 1. The van der Waals surface area contributed by atoms with E-state index in [-0.39, 0.29) is 5.91 Å². The molecule has 0 radical (unpaired) electrons. The van der Waals surface area contributed by atoms with Crippen molar-refractivity contribution in [2.75, 3.05) is 6.54 Å². The first-order chi connectivity index (χ1) is 10.7. The second kappa shape index (κ2) is 6.89. The van der Waals surface area contributed by atoms with E-state index >= 15 is 0 Å². The van der Waals surface area contributed by atoms with Gasteiger partial charge in [-0.2, -0.15) is 5.10 Å². The van der Waals surface area contributed by atoms with Gasteiger partial charge in [-0.05, 0) is 36.1 Å². The molecule has 0 saturated heterocycles. The van der Waals surface area contributed by atoms with E-state index in [4.69, 9.17) is 0 Å². The van der Waals surface area contributed by atoms with Gasteiger partial charge in [0, 0.05) is 21.5 Å². The molecule has 0 saturated carbocycles. The van der Waals surface area contributed by atoms with Crippen LogP contribution in [0.5, 0.6) is 0 Å². The summed E-state index contributed by atoms with van der Waals surface area (Å²) in [6.45, 7) is 0.617. The normalized spacial score (nSPS) is 10.6. The number of nitrogens with one attached hydrogen (secondary N) is 2. The van der Waals surface area contributed by atoms with Crippen molar-refractivity contribution in [3.8, 4) is 11.3 Å². The van der Waals surface area contributed by atoms with Crippen LogP contribution in [0, 0.1) is 0 Å². The number of H-pyrrole nitrogens is 1. The Morgan fingerprint density at radius 1 is 1.27 bits per heavy atom. The number of aromatic nitrogens is 2. The number of hydrogen-bond donors (Lipinski definition) is 2. The molecule has 1 aromatic carbocycles. The van der Waals surface area contributed by atoms with Crippen molar-refractivity contribution in [2.24, 2.45) is 0 Å². The van der Waals surface area contributed by atoms with E-state index in [0.29, 0.717) is 12.2 Å². The predicted molar refractivity (Wildman–Crippen MR) is 92.1 cm³/mol. The zero-order valence-electron chi connectivity index (χ0n) is 11.7. The Kier molecular flexibility index (Phi) is 4.70. The average Bonchev–Trinajstić information content (AvgIpc) is 3.19. The molecule has 0 bridgehead atoms. The molecule has 2 aromatic heterocycles. The second-order valence-electron chi connectivity index (χ2n) is 4.76. The van der Waals surface area contributed by atoms with Gasteiger partial charge in [-0.15, -0.1) is 11.3 Å². The van der Waals surface area contributed by atoms with Gasteiger partial charge in [0.1, 0.15) is 5.69 Å². The number of hydrogen-bond acceptors (Lipinski definition) is 3. The molecule has 1 amide bonds. The third kappa shape index (κ3) is 3.64. The molecular weight excluding hydrogens is 362 g/mol. The first-order valence-corrected chi connectivity index (χ1v) is 8.51. The lowest BCUT2D eigenvalue weighted by Crippen LogP contribution is -2.25. The fraction of sp³-hybridized carbons (Fsp3) is 0.125. The topological polar surface area (TPSA) is 57.8 Å². The Balaban J connectivity index is 1.60. The van der Waals surface area contributed by atoms with Crippen LogP contribution >= 0.6 is 27.3 Å². The van der Waals surface area contributed by atoms with Crippen molar-refractivity contribution in [3.63, 3.8) is 0 Å². The zero-order chi connectivity index (χ0) is 15.4. The number of rotatable bonds is 5. The Morgan fingerprint density at radius 3 is 2.82 bits per heavy atom. The SMILES string of the molecule is O=C(NCCc1cccs1)c1cc(-c2ccc(Br)cc2)n[nH]1. The van der Waals surface area contributed by atoms with E-state index in [2.05, 4.69) is 37.5 Å². The molecule has 2 N–H and O–H groups in total. The van der Waals surface area contributed by atoms with E-state index in [9.17, 15) is 4.79 Å². The smallest absolute Gasteiger partial charge is 0.269 e. The maximum Gasteiger partial charge on any atom is 0.269 e. The highest BCUT2D eigenvalue weighted by atomic mass is 79.9. The van der Waals surface area contributed by atoms with Crippen LogP contribution < -0.4 is 5.32 Å². The minimum absolute atomic E-state index is 0.132. The van der Waals surface area contributed by atoms with E-state index in [1.807, 2.05) is 35.7 Å². The summed E-state index contributed by atoms with van der Waals surface area (Å²) in [4.78, 5) is 13.3. The minimum atomic E-state index is -0.132. The maximum atomic E-state index is 12.1. The van der Waals surface area contributed by atoms with Crippen molar-refractivity contribution in [1.29, 1.82) is 0 Å². The van der Waals surface area contributed by atoms with Gasteiger partial charge in [-0.3, -0.25) is 9.89 Å². The molecule has 2 heterocycles. The van der Waals surface area contributed by atoms with Crippen LogP contribution in [0.15, 0.2) is 52.3 Å². The fourth-order valence-corrected chi connectivity index (χ4v) is 3.03. The highest BCUT2D eigenvalue weighted by Crippen LogP contribution is 2.20. The lowest BCUT2D eigenvalue weighted by Gasteiger charge is -2.01. The summed E-state index contributed by atoms with van der Waals surface area (Å²) in [7, 11) is 0. The number of halogens is 1. The number of carbonyl (C=O) groups excluding carboxylic acids is 1. The summed E-state index contributed by atoms with van der Waals surface area (Å²) < 4.78 is 1.01. The highest BCUT2D eigenvalue weighted by molar-refractivity contribution is 9.10. The molecule has 0 unspecified atom stereocenters. The van der Waals surface area contributed by atoms with Crippen LogP contribution in [0.3, 0.4) is 0 Å². The Labute approximate surface area is 140 Å². The van der Waals surface area contributed by atoms with Crippen molar-refractivity contribution >= 4 is 33.2 Å². The number of benzene rings is 1. The molecule has 0 atom stereocenters. The number of aromatic amines is 1. The first-order valence-electron chi connectivity index (χ1n) is 6.84. The summed E-state index contributed by atoms with van der Waals surface area (Å²) in [5, 5.41) is 11.9. The summed E-state index contributed by atoms with van der Waals surface area (Å²) >= 11 is 5.10. The predicted octanol–water partition coefficient (Wildman–Crippen LogP) is 3.87. The van der Waals surface area contributed by atoms with Crippen molar-refractivity contribution in [2.45, 2.75) is 6.42 Å².